The van der Waals surface area contributed by atoms with Crippen LogP contribution in [0.5, 0.6) is 0 Å². The molecule has 0 bridgehead atoms. The molecule has 1 aromatic heterocycles. The van der Waals surface area contributed by atoms with Crippen LogP contribution in [-0.4, -0.2) is 17.6 Å². The molecular formula is C13H17NO2. The fourth-order valence-electron chi connectivity index (χ4n) is 2.40. The molecule has 0 spiro atoms. The fraction of sp³-hybridized carbons (Fsp3) is 0.538. The average molecular weight is 219 g/mol. The van der Waals surface area contributed by atoms with Gasteiger partial charge in [-0.15, -0.1) is 0 Å². The smallest absolute Gasteiger partial charge is 0.312 e. The van der Waals surface area contributed by atoms with Gasteiger partial charge >= 0.3 is 5.97 Å². The van der Waals surface area contributed by atoms with Crippen LogP contribution in [0.25, 0.3) is 0 Å². The quantitative estimate of drug-likeness (QED) is 0.731. The molecule has 1 aliphatic carbocycles. The number of fused-ring (bicyclic) bond motifs is 1. The molecule has 0 aromatic carbocycles. The van der Waals surface area contributed by atoms with Gasteiger partial charge < -0.3 is 4.74 Å². The number of hydrogen-bond donors (Lipinski definition) is 0. The zero-order valence-corrected chi connectivity index (χ0v) is 9.82. The van der Waals surface area contributed by atoms with Gasteiger partial charge in [-0.3, -0.25) is 9.78 Å². The molecule has 0 radical (unpaired) electrons. The molecule has 0 amide bonds. The van der Waals surface area contributed by atoms with Gasteiger partial charge in [-0.1, -0.05) is 6.92 Å². The van der Waals surface area contributed by atoms with E-state index in [4.69, 9.17) is 4.74 Å². The summed E-state index contributed by atoms with van der Waals surface area (Å²) in [4.78, 5) is 16.1. The first-order valence-electron chi connectivity index (χ1n) is 5.81. The first kappa shape index (κ1) is 11.1. The summed E-state index contributed by atoms with van der Waals surface area (Å²) in [5.74, 6) is -0.0614. The number of pyridine rings is 1. The highest BCUT2D eigenvalue weighted by molar-refractivity contribution is 5.79. The number of hydrogen-bond acceptors (Lipinski definition) is 3. The van der Waals surface area contributed by atoms with Gasteiger partial charge in [0.15, 0.2) is 0 Å². The monoisotopic (exact) mass is 219 g/mol. The lowest BCUT2D eigenvalue weighted by molar-refractivity contribution is -0.155. The Labute approximate surface area is 95.8 Å². The molecular weight excluding hydrogens is 202 g/mol. The van der Waals surface area contributed by atoms with Crippen LogP contribution in [0.3, 0.4) is 0 Å². The second kappa shape index (κ2) is 4.24. The van der Waals surface area contributed by atoms with E-state index >= 15 is 0 Å². The van der Waals surface area contributed by atoms with Gasteiger partial charge in [0.25, 0.3) is 0 Å². The lowest BCUT2D eigenvalue weighted by Gasteiger charge is -2.24. The molecule has 0 saturated heterocycles. The third-order valence-corrected chi connectivity index (χ3v) is 3.45. The van der Waals surface area contributed by atoms with Crippen molar-refractivity contribution in [2.75, 3.05) is 6.61 Å². The van der Waals surface area contributed by atoms with Gasteiger partial charge in [-0.2, -0.15) is 0 Å². The highest BCUT2D eigenvalue weighted by Gasteiger charge is 2.43. The molecule has 2 rings (SSSR count). The Morgan fingerprint density at radius 1 is 1.44 bits per heavy atom. The van der Waals surface area contributed by atoms with Gasteiger partial charge in [0.2, 0.25) is 0 Å². The zero-order chi connectivity index (χ0) is 11.6. The summed E-state index contributed by atoms with van der Waals surface area (Å²) in [5.41, 5.74) is 2.09. The standard InChI is InChI=1S/C13H17NO2/c1-3-13(12(15)16-4-2)7-10-5-6-14-9-11(10)8-13/h5-6,9H,3-4,7-8H2,1-2H3. The lowest BCUT2D eigenvalue weighted by Crippen LogP contribution is -2.33. The van der Waals surface area contributed by atoms with E-state index in [-0.39, 0.29) is 11.4 Å². The fourth-order valence-corrected chi connectivity index (χ4v) is 2.40. The predicted molar refractivity (Wildman–Crippen MR) is 61.0 cm³/mol. The Balaban J connectivity index is 2.26. The van der Waals surface area contributed by atoms with Crippen LogP contribution in [0, 0.1) is 5.41 Å². The number of ether oxygens (including phenoxy) is 1. The normalized spacial score (nSPS) is 22.9. The van der Waals surface area contributed by atoms with Crippen LogP contribution in [0.15, 0.2) is 18.5 Å². The minimum Gasteiger partial charge on any atom is -0.466 e. The van der Waals surface area contributed by atoms with Crippen LogP contribution in [0.1, 0.15) is 31.4 Å². The molecule has 86 valence electrons. The van der Waals surface area contributed by atoms with E-state index in [0.717, 1.165) is 19.3 Å². The molecule has 1 aromatic rings. The maximum absolute atomic E-state index is 12.0. The molecule has 0 aliphatic heterocycles. The Kier molecular flexibility index (Phi) is 2.95. The third kappa shape index (κ3) is 1.70. The summed E-state index contributed by atoms with van der Waals surface area (Å²) in [6.45, 7) is 4.36. The number of carbonyl (C=O) groups is 1. The summed E-state index contributed by atoms with van der Waals surface area (Å²) < 4.78 is 5.19. The van der Waals surface area contributed by atoms with Gasteiger partial charge in [0.05, 0.1) is 12.0 Å². The molecule has 0 N–H and O–H groups in total. The average Bonchev–Trinajstić information content (AvgIpc) is 2.69. The molecule has 1 aliphatic rings. The van der Waals surface area contributed by atoms with Crippen molar-refractivity contribution in [1.29, 1.82) is 0 Å². The highest BCUT2D eigenvalue weighted by atomic mass is 16.5. The number of rotatable bonds is 3. The number of nitrogens with zero attached hydrogens (tertiary/aromatic N) is 1. The summed E-state index contributed by atoms with van der Waals surface area (Å²) in [6, 6.07) is 2.01. The van der Waals surface area contributed by atoms with Gasteiger partial charge in [-0.05, 0) is 43.4 Å². The van der Waals surface area contributed by atoms with Crippen molar-refractivity contribution in [2.24, 2.45) is 5.41 Å². The zero-order valence-electron chi connectivity index (χ0n) is 9.82. The van der Waals surface area contributed by atoms with Crippen LogP contribution >= 0.6 is 0 Å². The van der Waals surface area contributed by atoms with Crippen molar-refractivity contribution >= 4 is 5.97 Å². The van der Waals surface area contributed by atoms with E-state index in [0.29, 0.717) is 6.61 Å². The minimum atomic E-state index is -0.346. The summed E-state index contributed by atoms with van der Waals surface area (Å²) in [6.07, 6.45) is 6.04. The van der Waals surface area contributed by atoms with E-state index in [1.807, 2.05) is 19.2 Å². The Morgan fingerprint density at radius 3 is 2.81 bits per heavy atom. The second-order valence-corrected chi connectivity index (χ2v) is 4.35. The lowest BCUT2D eigenvalue weighted by atomic mass is 9.82. The first-order valence-corrected chi connectivity index (χ1v) is 5.81. The van der Waals surface area contributed by atoms with E-state index < -0.39 is 0 Å². The summed E-state index contributed by atoms with van der Waals surface area (Å²) in [7, 11) is 0. The van der Waals surface area contributed by atoms with E-state index in [1.54, 1.807) is 6.20 Å². The predicted octanol–water partition coefficient (Wildman–Crippen LogP) is 2.14. The second-order valence-electron chi connectivity index (χ2n) is 4.35. The number of carbonyl (C=O) groups excluding carboxylic acids is 1. The highest BCUT2D eigenvalue weighted by Crippen LogP contribution is 2.40. The van der Waals surface area contributed by atoms with Gasteiger partial charge in [0.1, 0.15) is 0 Å². The topological polar surface area (TPSA) is 39.2 Å². The van der Waals surface area contributed by atoms with E-state index in [1.165, 1.54) is 11.1 Å². The molecule has 3 nitrogen and oxygen atoms in total. The van der Waals surface area contributed by atoms with E-state index in [9.17, 15) is 4.79 Å². The third-order valence-electron chi connectivity index (χ3n) is 3.45. The molecule has 1 atom stereocenters. The minimum absolute atomic E-state index is 0.0614. The van der Waals surface area contributed by atoms with Crippen molar-refractivity contribution in [3.05, 3.63) is 29.6 Å². The molecule has 0 fully saturated rings. The molecule has 1 heterocycles. The molecule has 0 saturated carbocycles. The van der Waals surface area contributed by atoms with Crippen molar-refractivity contribution in [2.45, 2.75) is 33.1 Å². The van der Waals surface area contributed by atoms with Crippen LogP contribution < -0.4 is 0 Å². The Hall–Kier alpha value is -1.38. The van der Waals surface area contributed by atoms with Crippen molar-refractivity contribution in [3.63, 3.8) is 0 Å². The van der Waals surface area contributed by atoms with Crippen molar-refractivity contribution < 1.29 is 9.53 Å². The summed E-state index contributed by atoms with van der Waals surface area (Å²) in [5, 5.41) is 0. The maximum atomic E-state index is 12.0. The number of aromatic nitrogens is 1. The largest absolute Gasteiger partial charge is 0.466 e. The Bertz CT molecular complexity index is 376. The SMILES string of the molecule is CCOC(=O)C1(CC)Cc2ccncc2C1. The molecule has 3 heteroatoms. The molecule has 1 unspecified atom stereocenters. The van der Waals surface area contributed by atoms with Crippen LogP contribution in [-0.2, 0) is 22.4 Å². The summed E-state index contributed by atoms with van der Waals surface area (Å²) >= 11 is 0. The van der Waals surface area contributed by atoms with Crippen LogP contribution in [0.2, 0.25) is 0 Å². The van der Waals surface area contributed by atoms with Crippen LogP contribution in [0.4, 0.5) is 0 Å². The first-order chi connectivity index (χ1) is 7.72. The number of esters is 1. The maximum Gasteiger partial charge on any atom is 0.312 e. The van der Waals surface area contributed by atoms with Gasteiger partial charge in [0, 0.05) is 12.4 Å². The van der Waals surface area contributed by atoms with Gasteiger partial charge in [-0.25, -0.2) is 0 Å². The van der Waals surface area contributed by atoms with Crippen molar-refractivity contribution in [3.8, 4) is 0 Å². The molecule has 16 heavy (non-hydrogen) atoms. The van der Waals surface area contributed by atoms with E-state index in [2.05, 4.69) is 11.9 Å². The van der Waals surface area contributed by atoms with Crippen molar-refractivity contribution in [1.82, 2.24) is 4.98 Å². The Morgan fingerprint density at radius 2 is 2.19 bits per heavy atom.